The summed E-state index contributed by atoms with van der Waals surface area (Å²) < 4.78 is 60.5. The summed E-state index contributed by atoms with van der Waals surface area (Å²) in [5.74, 6) is 0.757. The van der Waals surface area contributed by atoms with Gasteiger partial charge in [0, 0.05) is 48.5 Å². The first-order chi connectivity index (χ1) is 18.6. The van der Waals surface area contributed by atoms with Crippen LogP contribution >= 0.6 is 0 Å². The van der Waals surface area contributed by atoms with Gasteiger partial charge in [0.05, 0.1) is 22.6 Å². The van der Waals surface area contributed by atoms with Crippen molar-refractivity contribution in [2.24, 2.45) is 7.05 Å². The van der Waals surface area contributed by atoms with E-state index in [-0.39, 0.29) is 11.8 Å². The second kappa shape index (κ2) is 10.2. The predicted octanol–water partition coefficient (Wildman–Crippen LogP) is 6.65. The van der Waals surface area contributed by atoms with Crippen LogP contribution in [-0.4, -0.2) is 29.7 Å². The van der Waals surface area contributed by atoms with Crippen molar-refractivity contribution in [3.8, 4) is 11.8 Å². The molecule has 3 heterocycles. The topological polar surface area (TPSA) is 106 Å². The largest absolute Gasteiger partial charge is 0.424 e. The number of anilines is 3. The Morgan fingerprint density at radius 3 is 2.49 bits per heavy atom. The molecule has 0 saturated heterocycles. The number of fused-ring (bicyclic) bond motifs is 1. The van der Waals surface area contributed by atoms with Crippen LogP contribution in [0, 0.1) is 12.7 Å². The minimum Gasteiger partial charge on any atom is -0.424 e. The number of aromatic nitrogens is 6. The van der Waals surface area contributed by atoms with Crippen LogP contribution in [0.15, 0.2) is 54.9 Å². The van der Waals surface area contributed by atoms with Gasteiger partial charge in [0.1, 0.15) is 11.6 Å². The highest BCUT2D eigenvalue weighted by Crippen LogP contribution is 2.32. The number of aromatic amines is 1. The van der Waals surface area contributed by atoms with Gasteiger partial charge in [-0.1, -0.05) is 13.0 Å². The molecule has 0 aliphatic rings. The van der Waals surface area contributed by atoms with E-state index in [4.69, 9.17) is 4.74 Å². The number of nitrogens with zero attached hydrogens (tertiary/aromatic N) is 5. The number of imidazole rings is 1. The van der Waals surface area contributed by atoms with Crippen molar-refractivity contribution in [1.82, 2.24) is 29.7 Å². The van der Waals surface area contributed by atoms with Crippen LogP contribution in [0.5, 0.6) is 11.8 Å². The van der Waals surface area contributed by atoms with Gasteiger partial charge in [-0.3, -0.25) is 5.10 Å². The van der Waals surface area contributed by atoms with E-state index in [0.29, 0.717) is 36.1 Å². The fourth-order valence-corrected chi connectivity index (χ4v) is 4.06. The SMILES string of the molecule is CCC(Nc1nc2ccc(Nc3cc(C)[nH]n3)cc2n1C)c1ccc(Oc2ncc(C(F)(F)F)cn2)cc1F. The van der Waals surface area contributed by atoms with Crippen LogP contribution in [0.3, 0.4) is 0 Å². The second-order valence-electron chi connectivity index (χ2n) is 8.90. The molecule has 0 saturated carbocycles. The van der Waals surface area contributed by atoms with Crippen molar-refractivity contribution >= 4 is 28.5 Å². The molecule has 3 N–H and O–H groups in total. The molecule has 0 aliphatic heterocycles. The number of rotatable bonds is 8. The lowest BCUT2D eigenvalue weighted by molar-refractivity contribution is -0.138. The number of halogens is 4. The molecule has 3 aromatic heterocycles. The third kappa shape index (κ3) is 5.61. The molecule has 202 valence electrons. The zero-order chi connectivity index (χ0) is 27.7. The number of nitrogens with one attached hydrogen (secondary N) is 3. The van der Waals surface area contributed by atoms with E-state index < -0.39 is 23.6 Å². The average molecular weight is 541 g/mol. The first kappa shape index (κ1) is 25.9. The Kier molecular flexibility index (Phi) is 6.81. The number of hydrogen-bond acceptors (Lipinski definition) is 7. The minimum atomic E-state index is -4.56. The van der Waals surface area contributed by atoms with Gasteiger partial charge in [0.25, 0.3) is 0 Å². The van der Waals surface area contributed by atoms with E-state index in [1.54, 1.807) is 6.07 Å². The normalized spacial score (nSPS) is 12.5. The Labute approximate surface area is 220 Å². The van der Waals surface area contributed by atoms with E-state index >= 15 is 4.39 Å². The Morgan fingerprint density at radius 2 is 1.85 bits per heavy atom. The lowest BCUT2D eigenvalue weighted by Crippen LogP contribution is -2.14. The van der Waals surface area contributed by atoms with Crippen molar-refractivity contribution in [1.29, 1.82) is 0 Å². The van der Waals surface area contributed by atoms with E-state index in [1.807, 2.05) is 49.7 Å². The number of alkyl halides is 3. The van der Waals surface area contributed by atoms with Crippen LogP contribution in [0.1, 0.15) is 36.2 Å². The van der Waals surface area contributed by atoms with Gasteiger partial charge in [-0.15, -0.1) is 0 Å². The standard InChI is InChI=1S/C26H24F4N8O/c1-4-20(18-7-6-17(11-19(18)27)39-25-31-12-15(13-32-25)26(28,29)30)34-24-35-21-8-5-16(10-22(21)38(24)3)33-23-9-14(2)36-37-23/h5-13,20H,4H2,1-3H3,(H,34,35)(H2,33,36,37). The summed E-state index contributed by atoms with van der Waals surface area (Å²) in [6.07, 6.45) is -2.80. The highest BCUT2D eigenvalue weighted by molar-refractivity contribution is 5.83. The zero-order valence-electron chi connectivity index (χ0n) is 21.1. The maximum absolute atomic E-state index is 15.1. The van der Waals surface area contributed by atoms with Gasteiger partial charge >= 0.3 is 12.2 Å². The van der Waals surface area contributed by atoms with Crippen molar-refractivity contribution < 1.29 is 22.3 Å². The number of hydrogen-bond donors (Lipinski definition) is 3. The van der Waals surface area contributed by atoms with E-state index in [9.17, 15) is 13.2 Å². The summed E-state index contributed by atoms with van der Waals surface area (Å²) in [6, 6.07) is 11.1. The Morgan fingerprint density at radius 1 is 1.08 bits per heavy atom. The van der Waals surface area contributed by atoms with Gasteiger partial charge < -0.3 is 19.9 Å². The Bertz CT molecular complexity index is 1610. The summed E-state index contributed by atoms with van der Waals surface area (Å²) in [5, 5.41) is 13.6. The summed E-state index contributed by atoms with van der Waals surface area (Å²) in [6.45, 7) is 3.83. The molecule has 2 aromatic carbocycles. The van der Waals surface area contributed by atoms with Crippen LogP contribution in [-0.2, 0) is 13.2 Å². The Hall–Kier alpha value is -4.68. The van der Waals surface area contributed by atoms with Gasteiger partial charge in [-0.05, 0) is 37.6 Å². The molecule has 0 aliphatic carbocycles. The summed E-state index contributed by atoms with van der Waals surface area (Å²) in [4.78, 5) is 11.8. The van der Waals surface area contributed by atoms with Crippen LogP contribution < -0.4 is 15.4 Å². The second-order valence-corrected chi connectivity index (χ2v) is 8.90. The lowest BCUT2D eigenvalue weighted by Gasteiger charge is -2.19. The zero-order valence-corrected chi connectivity index (χ0v) is 21.1. The number of H-pyrrole nitrogens is 1. The molecule has 0 spiro atoms. The number of aryl methyl sites for hydroxylation is 2. The molecule has 0 amide bonds. The summed E-state index contributed by atoms with van der Waals surface area (Å²) >= 11 is 0. The van der Waals surface area contributed by atoms with Crippen LogP contribution in [0.2, 0.25) is 0 Å². The van der Waals surface area contributed by atoms with Gasteiger partial charge in [-0.2, -0.15) is 18.3 Å². The lowest BCUT2D eigenvalue weighted by atomic mass is 10.0. The fourth-order valence-electron chi connectivity index (χ4n) is 4.06. The molecule has 1 unspecified atom stereocenters. The maximum atomic E-state index is 15.1. The minimum absolute atomic E-state index is 0.0562. The highest BCUT2D eigenvalue weighted by atomic mass is 19.4. The fraction of sp³-hybridized carbons (Fsp3) is 0.231. The van der Waals surface area contributed by atoms with Gasteiger partial charge in [-0.25, -0.2) is 19.3 Å². The third-order valence-electron chi connectivity index (χ3n) is 6.08. The van der Waals surface area contributed by atoms with Crippen LogP contribution in [0.25, 0.3) is 11.0 Å². The summed E-state index contributed by atoms with van der Waals surface area (Å²) in [7, 11) is 1.87. The molecular weight excluding hydrogens is 516 g/mol. The highest BCUT2D eigenvalue weighted by Gasteiger charge is 2.31. The summed E-state index contributed by atoms with van der Waals surface area (Å²) in [5.41, 5.74) is 2.78. The average Bonchev–Trinajstić information content (AvgIpc) is 3.44. The Balaban J connectivity index is 1.32. The van der Waals surface area contributed by atoms with Crippen molar-refractivity contribution in [2.45, 2.75) is 32.5 Å². The number of ether oxygens (including phenoxy) is 1. The quantitative estimate of drug-likeness (QED) is 0.189. The van der Waals surface area contributed by atoms with Crippen molar-refractivity contribution in [3.63, 3.8) is 0 Å². The third-order valence-corrected chi connectivity index (χ3v) is 6.08. The predicted molar refractivity (Wildman–Crippen MR) is 137 cm³/mol. The van der Waals surface area contributed by atoms with Crippen molar-refractivity contribution in [2.75, 3.05) is 10.6 Å². The van der Waals surface area contributed by atoms with E-state index in [1.165, 1.54) is 6.07 Å². The van der Waals surface area contributed by atoms with Gasteiger partial charge in [0.2, 0.25) is 5.95 Å². The maximum Gasteiger partial charge on any atom is 0.419 e. The van der Waals surface area contributed by atoms with Crippen LogP contribution in [0.4, 0.5) is 35.0 Å². The smallest absolute Gasteiger partial charge is 0.419 e. The molecular formula is C26H24F4N8O. The molecule has 13 heteroatoms. The molecule has 5 rings (SSSR count). The molecule has 1 atom stereocenters. The molecule has 0 bridgehead atoms. The van der Waals surface area contributed by atoms with E-state index in [2.05, 4.69) is 35.8 Å². The number of benzene rings is 2. The van der Waals surface area contributed by atoms with Crippen molar-refractivity contribution in [3.05, 3.63) is 77.5 Å². The van der Waals surface area contributed by atoms with E-state index in [0.717, 1.165) is 28.5 Å². The van der Waals surface area contributed by atoms with Gasteiger partial charge in [0.15, 0.2) is 5.82 Å². The molecule has 5 aromatic rings. The monoisotopic (exact) mass is 540 g/mol. The molecule has 9 nitrogen and oxygen atoms in total. The molecule has 0 radical (unpaired) electrons. The molecule has 39 heavy (non-hydrogen) atoms. The first-order valence-electron chi connectivity index (χ1n) is 12.0. The molecule has 0 fully saturated rings. The first-order valence-corrected chi connectivity index (χ1v) is 12.0.